The minimum absolute atomic E-state index is 0.00281. The molecule has 1 amide bonds. The van der Waals surface area contributed by atoms with Crippen molar-refractivity contribution < 1.29 is 14.3 Å². The third kappa shape index (κ3) is 3.49. The predicted octanol–water partition coefficient (Wildman–Crippen LogP) is 3.13. The molecule has 1 aromatic heterocycles. The van der Waals surface area contributed by atoms with E-state index in [0.717, 1.165) is 41.5 Å². The Balaban J connectivity index is 1.34. The van der Waals surface area contributed by atoms with Crippen molar-refractivity contribution in [2.45, 2.75) is 37.9 Å². The van der Waals surface area contributed by atoms with Crippen LogP contribution in [0.3, 0.4) is 0 Å². The van der Waals surface area contributed by atoms with Crippen LogP contribution in [0.2, 0.25) is 0 Å². The molecule has 7 nitrogen and oxygen atoms in total. The van der Waals surface area contributed by atoms with Crippen LogP contribution in [0.1, 0.15) is 47.8 Å². The lowest BCUT2D eigenvalue weighted by Gasteiger charge is -2.33. The molecule has 8 heteroatoms. The maximum atomic E-state index is 13.2. The van der Waals surface area contributed by atoms with Crippen LogP contribution in [-0.2, 0) is 9.47 Å². The largest absolute Gasteiger partial charge is 0.350 e. The summed E-state index contributed by atoms with van der Waals surface area (Å²) in [4.78, 5) is 15.1. The Morgan fingerprint density at radius 3 is 2.36 bits per heavy atom. The highest BCUT2D eigenvalue weighted by atomic mass is 79.9. The molecular formula is C20H23BrN4O3. The fraction of sp³-hybridized carbons (Fsp3) is 0.550. The number of nitrogens with zero attached hydrogens (tertiary/aromatic N) is 4. The molecule has 0 spiro atoms. The quantitative estimate of drug-likeness (QED) is 0.721. The number of halogens is 1. The maximum Gasteiger partial charge on any atom is 0.276 e. The Bertz CT molecular complexity index is 851. The van der Waals surface area contributed by atoms with E-state index in [9.17, 15) is 4.79 Å². The number of carbonyl (C=O) groups is 1. The van der Waals surface area contributed by atoms with Crippen LogP contribution >= 0.6 is 15.9 Å². The second-order valence-corrected chi connectivity index (χ2v) is 8.64. The standard InChI is InChI=1S/C20H23BrN4O3/c21-15-3-5-16(6-4-15)25-18(13-1-2-13)17(22-23-25)19(26)24-9-7-14(8-10-24)20-27-11-12-28-20/h3-6,13-14,20H,1-2,7-12H2. The van der Waals surface area contributed by atoms with Crippen LogP contribution in [-0.4, -0.2) is 58.4 Å². The predicted molar refractivity (Wildman–Crippen MR) is 105 cm³/mol. The number of piperidine rings is 1. The molecule has 1 aliphatic carbocycles. The first-order valence-corrected chi connectivity index (χ1v) is 10.7. The van der Waals surface area contributed by atoms with Crippen LogP contribution in [0, 0.1) is 5.92 Å². The third-order valence-electron chi connectivity index (χ3n) is 5.80. The van der Waals surface area contributed by atoms with E-state index in [2.05, 4.69) is 26.2 Å². The van der Waals surface area contributed by atoms with E-state index >= 15 is 0 Å². The summed E-state index contributed by atoms with van der Waals surface area (Å²) in [5.41, 5.74) is 2.40. The minimum atomic E-state index is -0.0995. The molecule has 28 heavy (non-hydrogen) atoms. The molecule has 1 aromatic carbocycles. The Labute approximate surface area is 172 Å². The molecule has 0 atom stereocenters. The number of benzene rings is 1. The van der Waals surface area contributed by atoms with Crippen molar-refractivity contribution in [1.82, 2.24) is 19.9 Å². The van der Waals surface area contributed by atoms with E-state index < -0.39 is 0 Å². The van der Waals surface area contributed by atoms with Gasteiger partial charge >= 0.3 is 0 Å². The molecule has 3 fully saturated rings. The Morgan fingerprint density at radius 1 is 1.04 bits per heavy atom. The van der Waals surface area contributed by atoms with E-state index in [-0.39, 0.29) is 12.2 Å². The highest BCUT2D eigenvalue weighted by molar-refractivity contribution is 9.10. The molecule has 3 heterocycles. The fourth-order valence-corrected chi connectivity index (χ4v) is 4.38. The van der Waals surface area contributed by atoms with Gasteiger partial charge in [0, 0.05) is 29.4 Å². The van der Waals surface area contributed by atoms with Gasteiger partial charge in [0.2, 0.25) is 0 Å². The Kier molecular flexibility index (Phi) is 4.94. The summed E-state index contributed by atoms with van der Waals surface area (Å²) in [6, 6.07) is 7.94. The van der Waals surface area contributed by atoms with Crippen molar-refractivity contribution in [1.29, 1.82) is 0 Å². The zero-order chi connectivity index (χ0) is 19.1. The van der Waals surface area contributed by atoms with Crippen molar-refractivity contribution in [2.75, 3.05) is 26.3 Å². The molecule has 0 N–H and O–H groups in total. The second kappa shape index (κ2) is 7.57. The van der Waals surface area contributed by atoms with E-state index in [1.807, 2.05) is 33.8 Å². The van der Waals surface area contributed by atoms with Crippen molar-refractivity contribution in [2.24, 2.45) is 5.92 Å². The van der Waals surface area contributed by atoms with Gasteiger partial charge in [-0.25, -0.2) is 4.68 Å². The number of hydrogen-bond donors (Lipinski definition) is 0. The van der Waals surface area contributed by atoms with Crippen LogP contribution in [0.25, 0.3) is 5.69 Å². The van der Waals surface area contributed by atoms with Crippen LogP contribution < -0.4 is 0 Å². The van der Waals surface area contributed by atoms with Crippen LogP contribution in [0.4, 0.5) is 0 Å². The normalized spacial score (nSPS) is 21.4. The molecule has 2 aliphatic heterocycles. The summed E-state index contributed by atoms with van der Waals surface area (Å²) in [5.74, 6) is 0.736. The first kappa shape index (κ1) is 18.3. The number of carbonyl (C=O) groups excluding carboxylic acids is 1. The van der Waals surface area contributed by atoms with Gasteiger partial charge in [-0.2, -0.15) is 0 Å². The number of likely N-dealkylation sites (tertiary alicyclic amines) is 1. The smallest absolute Gasteiger partial charge is 0.276 e. The van der Waals surface area contributed by atoms with E-state index in [1.165, 1.54) is 0 Å². The zero-order valence-corrected chi connectivity index (χ0v) is 17.2. The maximum absolute atomic E-state index is 13.2. The summed E-state index contributed by atoms with van der Waals surface area (Å²) in [7, 11) is 0. The van der Waals surface area contributed by atoms with Crippen molar-refractivity contribution in [3.63, 3.8) is 0 Å². The van der Waals surface area contributed by atoms with Gasteiger partial charge in [-0.15, -0.1) is 5.10 Å². The van der Waals surface area contributed by atoms with Crippen molar-refractivity contribution in [3.8, 4) is 5.69 Å². The molecule has 0 radical (unpaired) electrons. The highest BCUT2D eigenvalue weighted by Crippen LogP contribution is 2.42. The number of aromatic nitrogens is 3. The lowest BCUT2D eigenvalue weighted by atomic mass is 9.96. The average molecular weight is 447 g/mol. The zero-order valence-electron chi connectivity index (χ0n) is 15.6. The second-order valence-electron chi connectivity index (χ2n) is 7.73. The summed E-state index contributed by atoms with van der Waals surface area (Å²) in [6.45, 7) is 2.77. The minimum Gasteiger partial charge on any atom is -0.350 e. The SMILES string of the molecule is O=C(c1nnn(-c2ccc(Br)cc2)c1C1CC1)N1CCC(C2OCCO2)CC1. The molecule has 2 saturated heterocycles. The number of amides is 1. The topological polar surface area (TPSA) is 69.5 Å². The van der Waals surface area contributed by atoms with E-state index in [1.54, 1.807) is 0 Å². The van der Waals surface area contributed by atoms with Crippen LogP contribution in [0.5, 0.6) is 0 Å². The van der Waals surface area contributed by atoms with Gasteiger partial charge in [-0.05, 0) is 49.9 Å². The van der Waals surface area contributed by atoms with Gasteiger partial charge in [-0.3, -0.25) is 4.79 Å². The first-order valence-electron chi connectivity index (χ1n) is 9.95. The molecule has 1 saturated carbocycles. The Morgan fingerprint density at radius 2 is 1.71 bits per heavy atom. The van der Waals surface area contributed by atoms with Gasteiger partial charge in [0.1, 0.15) is 0 Å². The molecule has 148 valence electrons. The van der Waals surface area contributed by atoms with Gasteiger partial charge in [0.15, 0.2) is 12.0 Å². The number of ether oxygens (including phenoxy) is 2. The molecule has 0 unspecified atom stereocenters. The average Bonchev–Trinajstić information content (AvgIpc) is 3.24. The molecular weight excluding hydrogens is 424 g/mol. The third-order valence-corrected chi connectivity index (χ3v) is 6.33. The Hall–Kier alpha value is -1.77. The lowest BCUT2D eigenvalue weighted by molar-refractivity contribution is -0.0956. The van der Waals surface area contributed by atoms with Crippen LogP contribution in [0.15, 0.2) is 28.7 Å². The van der Waals surface area contributed by atoms with Gasteiger partial charge in [0.05, 0.1) is 24.6 Å². The van der Waals surface area contributed by atoms with Crippen molar-refractivity contribution >= 4 is 21.8 Å². The number of rotatable bonds is 4. The van der Waals surface area contributed by atoms with Gasteiger partial charge in [0.25, 0.3) is 5.91 Å². The highest BCUT2D eigenvalue weighted by Gasteiger charge is 2.37. The lowest BCUT2D eigenvalue weighted by Crippen LogP contribution is -2.42. The fourth-order valence-electron chi connectivity index (χ4n) is 4.11. The monoisotopic (exact) mass is 446 g/mol. The summed E-state index contributed by atoms with van der Waals surface area (Å²) >= 11 is 3.46. The van der Waals surface area contributed by atoms with Gasteiger partial charge < -0.3 is 14.4 Å². The summed E-state index contributed by atoms with van der Waals surface area (Å²) < 4.78 is 14.1. The summed E-state index contributed by atoms with van der Waals surface area (Å²) in [5, 5.41) is 8.64. The molecule has 5 rings (SSSR count). The van der Waals surface area contributed by atoms with E-state index in [0.29, 0.717) is 43.8 Å². The molecule has 0 bridgehead atoms. The summed E-state index contributed by atoms with van der Waals surface area (Å²) in [6.07, 6.45) is 3.87. The van der Waals surface area contributed by atoms with E-state index in [4.69, 9.17) is 9.47 Å². The van der Waals surface area contributed by atoms with Gasteiger partial charge in [-0.1, -0.05) is 21.1 Å². The van der Waals surface area contributed by atoms with Crippen molar-refractivity contribution in [3.05, 3.63) is 40.1 Å². The molecule has 2 aromatic rings. The number of hydrogen-bond acceptors (Lipinski definition) is 5. The molecule has 3 aliphatic rings. The first-order chi connectivity index (χ1) is 13.7.